The molecule has 0 aliphatic carbocycles. The number of hydrogen-bond acceptors (Lipinski definition) is 5. The molecule has 7 heteroatoms. The summed E-state index contributed by atoms with van der Waals surface area (Å²) in [4.78, 5) is 37.5. The molecule has 1 fully saturated rings. The number of thiazole rings is 1. The number of rotatable bonds is 7. The summed E-state index contributed by atoms with van der Waals surface area (Å²) in [6, 6.07) is 7.75. The molecule has 1 aliphatic heterocycles. The van der Waals surface area contributed by atoms with E-state index in [9.17, 15) is 9.59 Å². The largest absolute Gasteiger partial charge is 0.350 e. The van der Waals surface area contributed by atoms with Gasteiger partial charge in [-0.05, 0) is 57.7 Å². The van der Waals surface area contributed by atoms with Crippen molar-refractivity contribution < 1.29 is 9.59 Å². The Bertz CT molecular complexity index is 1020. The predicted octanol–water partition coefficient (Wildman–Crippen LogP) is 4.40. The Labute approximate surface area is 194 Å². The van der Waals surface area contributed by atoms with E-state index in [1.807, 2.05) is 51.4 Å². The van der Waals surface area contributed by atoms with Crippen molar-refractivity contribution in [2.24, 2.45) is 10.9 Å². The summed E-state index contributed by atoms with van der Waals surface area (Å²) in [5, 5.41) is 3.02. The van der Waals surface area contributed by atoms with Crippen LogP contribution in [0.1, 0.15) is 44.9 Å². The average Bonchev–Trinajstić information content (AvgIpc) is 3.44. The first-order valence-electron chi connectivity index (χ1n) is 11.0. The molecule has 2 amide bonds. The Hall–Kier alpha value is -2.80. The number of hydrogen-bond donors (Lipinski definition) is 1. The van der Waals surface area contributed by atoms with Gasteiger partial charge in [-0.25, -0.2) is 4.98 Å². The number of aryl methyl sites for hydroxylation is 1. The van der Waals surface area contributed by atoms with E-state index in [1.165, 1.54) is 0 Å². The summed E-state index contributed by atoms with van der Waals surface area (Å²) in [5.74, 6) is -0.501. The van der Waals surface area contributed by atoms with Gasteiger partial charge in [0.25, 0.3) is 0 Å². The smallest absolute Gasteiger partial charge is 0.243 e. The second kappa shape index (κ2) is 10.7. The second-order valence-corrected chi connectivity index (χ2v) is 9.32. The van der Waals surface area contributed by atoms with Crippen molar-refractivity contribution in [3.8, 4) is 10.4 Å². The molecule has 0 bridgehead atoms. The van der Waals surface area contributed by atoms with E-state index in [0.29, 0.717) is 19.5 Å². The summed E-state index contributed by atoms with van der Waals surface area (Å²) in [7, 11) is 1.70. The average molecular weight is 453 g/mol. The molecule has 1 aromatic carbocycles. The number of carbonyl (C=O) groups excluding carboxylic acids is 2. The zero-order valence-electron chi connectivity index (χ0n) is 19.5. The van der Waals surface area contributed by atoms with E-state index in [0.717, 1.165) is 39.4 Å². The number of likely N-dealkylation sites (tertiary alicyclic amines) is 1. The molecule has 32 heavy (non-hydrogen) atoms. The van der Waals surface area contributed by atoms with Crippen LogP contribution in [0, 0.1) is 12.8 Å². The van der Waals surface area contributed by atoms with Gasteiger partial charge in [0.1, 0.15) is 6.04 Å². The minimum absolute atomic E-state index is 0.0370. The van der Waals surface area contributed by atoms with Crippen LogP contribution in [0.4, 0.5) is 0 Å². The number of nitrogens with zero attached hydrogens (tertiary/aromatic N) is 3. The fraction of sp³-hybridized carbons (Fsp3) is 0.440. The maximum Gasteiger partial charge on any atom is 0.243 e. The van der Waals surface area contributed by atoms with Gasteiger partial charge in [-0.2, -0.15) is 0 Å². The molecule has 0 radical (unpaired) electrons. The fourth-order valence-electron chi connectivity index (χ4n) is 4.02. The maximum atomic E-state index is 13.1. The highest BCUT2D eigenvalue weighted by Crippen LogP contribution is 2.27. The number of aromatic nitrogens is 1. The topological polar surface area (TPSA) is 74.7 Å². The molecule has 2 atom stereocenters. The van der Waals surface area contributed by atoms with Crippen LogP contribution < -0.4 is 5.32 Å². The molecule has 1 saturated heterocycles. The van der Waals surface area contributed by atoms with Gasteiger partial charge in [0, 0.05) is 25.8 Å². The summed E-state index contributed by atoms with van der Waals surface area (Å²) in [6.45, 7) is 8.89. The summed E-state index contributed by atoms with van der Waals surface area (Å²) in [5.41, 5.74) is 6.87. The number of nitrogens with one attached hydrogen (secondary N) is 1. The first kappa shape index (κ1) is 23.9. The first-order valence-corrected chi connectivity index (χ1v) is 11.9. The zero-order chi connectivity index (χ0) is 23.3. The highest BCUT2D eigenvalue weighted by atomic mass is 32.1. The van der Waals surface area contributed by atoms with Crippen LogP contribution >= 0.6 is 11.3 Å². The lowest BCUT2D eigenvalue weighted by molar-refractivity contribution is -0.139. The van der Waals surface area contributed by atoms with Crippen LogP contribution in [0.25, 0.3) is 10.4 Å². The molecular formula is C25H32N4O2S. The van der Waals surface area contributed by atoms with Crippen LogP contribution in [0.15, 0.2) is 46.4 Å². The Morgan fingerprint density at radius 3 is 2.62 bits per heavy atom. The molecule has 6 nitrogen and oxygen atoms in total. The van der Waals surface area contributed by atoms with Gasteiger partial charge in [0.2, 0.25) is 11.8 Å². The Morgan fingerprint density at radius 1 is 1.31 bits per heavy atom. The number of benzene rings is 1. The van der Waals surface area contributed by atoms with Gasteiger partial charge in [-0.1, -0.05) is 29.8 Å². The summed E-state index contributed by atoms with van der Waals surface area (Å²) in [6.07, 6.45) is 3.46. The molecule has 2 aromatic rings. The monoisotopic (exact) mass is 452 g/mol. The molecule has 2 unspecified atom stereocenters. The zero-order valence-corrected chi connectivity index (χ0v) is 20.3. The number of amides is 2. The molecule has 0 spiro atoms. The Morgan fingerprint density at radius 2 is 2.03 bits per heavy atom. The highest BCUT2D eigenvalue weighted by Gasteiger charge is 2.36. The van der Waals surface area contributed by atoms with E-state index in [-0.39, 0.29) is 17.7 Å². The lowest BCUT2D eigenvalue weighted by atomic mass is 10.0. The number of aliphatic imine (C=N–C) groups is 1. The molecular weight excluding hydrogens is 420 g/mol. The van der Waals surface area contributed by atoms with Crippen molar-refractivity contribution in [2.75, 3.05) is 13.6 Å². The van der Waals surface area contributed by atoms with E-state index in [2.05, 4.69) is 27.4 Å². The van der Waals surface area contributed by atoms with E-state index < -0.39 is 6.04 Å². The van der Waals surface area contributed by atoms with Crippen molar-refractivity contribution >= 4 is 28.9 Å². The van der Waals surface area contributed by atoms with Crippen molar-refractivity contribution in [3.63, 3.8) is 0 Å². The van der Waals surface area contributed by atoms with E-state index in [1.54, 1.807) is 23.3 Å². The third-order valence-corrected chi connectivity index (χ3v) is 6.75. The molecule has 1 aliphatic rings. The van der Waals surface area contributed by atoms with Crippen LogP contribution in [-0.2, 0) is 16.1 Å². The summed E-state index contributed by atoms with van der Waals surface area (Å²) >= 11 is 1.63. The lowest BCUT2D eigenvalue weighted by Crippen LogP contribution is -2.48. The van der Waals surface area contributed by atoms with Crippen molar-refractivity contribution in [1.29, 1.82) is 0 Å². The van der Waals surface area contributed by atoms with Gasteiger partial charge in [-0.15, -0.1) is 11.3 Å². The van der Waals surface area contributed by atoms with Crippen molar-refractivity contribution in [1.82, 2.24) is 15.2 Å². The third kappa shape index (κ3) is 5.51. The quantitative estimate of drug-likeness (QED) is 0.633. The molecule has 1 aromatic heterocycles. The Kier molecular flexibility index (Phi) is 7.96. The molecule has 1 N–H and O–H groups in total. The number of carbonyl (C=O) groups is 2. The lowest BCUT2D eigenvalue weighted by Gasteiger charge is -2.27. The fourth-order valence-corrected chi connectivity index (χ4v) is 4.83. The van der Waals surface area contributed by atoms with Crippen molar-refractivity contribution in [3.05, 3.63) is 52.7 Å². The van der Waals surface area contributed by atoms with Crippen LogP contribution in [0.3, 0.4) is 0 Å². The van der Waals surface area contributed by atoms with Gasteiger partial charge in [-0.3, -0.25) is 14.6 Å². The minimum Gasteiger partial charge on any atom is -0.350 e. The van der Waals surface area contributed by atoms with E-state index >= 15 is 0 Å². The van der Waals surface area contributed by atoms with Crippen molar-refractivity contribution in [2.45, 2.75) is 53.1 Å². The standard InChI is InChI=1S/C25H32N4O2S/c1-16(2)13-21(26-5)17(3)25(31)29-12-6-7-22(29)24(30)27-14-19-8-10-20(11-9-19)23-18(4)28-15-32-23/h8-11,13,15,17,22H,6-7,12,14H2,1-5H3,(H,27,30)/b26-21+. The SMILES string of the molecule is C/N=C(\C=C(C)C)C(C)C(=O)N1CCCC1C(=O)NCc1ccc(-c2scnc2C)cc1. The van der Waals surface area contributed by atoms with Gasteiger partial charge < -0.3 is 10.2 Å². The predicted molar refractivity (Wildman–Crippen MR) is 131 cm³/mol. The van der Waals surface area contributed by atoms with E-state index in [4.69, 9.17) is 0 Å². The molecule has 170 valence electrons. The second-order valence-electron chi connectivity index (χ2n) is 8.46. The molecule has 0 saturated carbocycles. The third-order valence-electron chi connectivity index (χ3n) is 5.78. The first-order chi connectivity index (χ1) is 15.3. The number of allylic oxidation sites excluding steroid dienone is 2. The highest BCUT2D eigenvalue weighted by molar-refractivity contribution is 7.13. The van der Waals surface area contributed by atoms with Gasteiger partial charge >= 0.3 is 0 Å². The van der Waals surface area contributed by atoms with Gasteiger partial charge in [0.05, 0.1) is 22.0 Å². The normalized spacial score (nSPS) is 17.2. The maximum absolute atomic E-state index is 13.1. The van der Waals surface area contributed by atoms with Crippen LogP contribution in [0.2, 0.25) is 0 Å². The van der Waals surface area contributed by atoms with Gasteiger partial charge in [0.15, 0.2) is 0 Å². The summed E-state index contributed by atoms with van der Waals surface area (Å²) < 4.78 is 0. The minimum atomic E-state index is -0.422. The van der Waals surface area contributed by atoms with Crippen LogP contribution in [0.5, 0.6) is 0 Å². The Balaban J connectivity index is 1.61. The molecule has 2 heterocycles. The molecule has 3 rings (SSSR count). The van der Waals surface area contributed by atoms with Crippen LogP contribution in [-0.4, -0.2) is 47.0 Å².